The molecule has 0 aliphatic carbocycles. The molecular weight excluding hydrogens is 336 g/mol. The zero-order chi connectivity index (χ0) is 17.6. The molecule has 1 amide bonds. The number of benzene rings is 2. The molecule has 1 saturated heterocycles. The SMILES string of the molecule is CS(=O)(=O)c1ccccc1-c1ccc2c(c1)C(=O)NCC1CNCC21. The molecule has 0 spiro atoms. The quantitative estimate of drug-likeness (QED) is 0.860. The highest BCUT2D eigenvalue weighted by molar-refractivity contribution is 7.90. The minimum absolute atomic E-state index is 0.0805. The average molecular weight is 356 g/mol. The summed E-state index contributed by atoms with van der Waals surface area (Å²) in [6, 6.07) is 12.7. The van der Waals surface area contributed by atoms with Gasteiger partial charge in [-0.25, -0.2) is 8.42 Å². The fourth-order valence-electron chi connectivity index (χ4n) is 3.90. The van der Waals surface area contributed by atoms with Gasteiger partial charge in [0.05, 0.1) is 4.90 Å². The summed E-state index contributed by atoms with van der Waals surface area (Å²) in [6.07, 6.45) is 1.21. The van der Waals surface area contributed by atoms with E-state index in [1.165, 1.54) is 6.26 Å². The van der Waals surface area contributed by atoms with Crippen LogP contribution in [0.5, 0.6) is 0 Å². The first kappa shape index (κ1) is 16.3. The van der Waals surface area contributed by atoms with Crippen molar-refractivity contribution in [3.63, 3.8) is 0 Å². The third kappa shape index (κ3) is 2.85. The van der Waals surface area contributed by atoms with Gasteiger partial charge in [0.25, 0.3) is 5.91 Å². The first-order valence-electron chi connectivity index (χ1n) is 8.37. The highest BCUT2D eigenvalue weighted by Gasteiger charge is 2.34. The Labute approximate surface area is 147 Å². The highest BCUT2D eigenvalue weighted by atomic mass is 32.2. The van der Waals surface area contributed by atoms with E-state index in [-0.39, 0.29) is 10.8 Å². The topological polar surface area (TPSA) is 75.3 Å². The van der Waals surface area contributed by atoms with E-state index < -0.39 is 9.84 Å². The third-order valence-corrected chi connectivity index (χ3v) is 6.31. The smallest absolute Gasteiger partial charge is 0.251 e. The summed E-state index contributed by atoms with van der Waals surface area (Å²) < 4.78 is 24.2. The molecule has 6 heteroatoms. The van der Waals surface area contributed by atoms with Gasteiger partial charge in [0, 0.05) is 42.9 Å². The largest absolute Gasteiger partial charge is 0.352 e. The number of carbonyl (C=O) groups is 1. The van der Waals surface area contributed by atoms with E-state index in [4.69, 9.17) is 0 Å². The van der Waals surface area contributed by atoms with E-state index >= 15 is 0 Å². The van der Waals surface area contributed by atoms with E-state index in [1.807, 2.05) is 24.3 Å². The zero-order valence-corrected chi connectivity index (χ0v) is 14.8. The van der Waals surface area contributed by atoms with Gasteiger partial charge in [-0.3, -0.25) is 4.79 Å². The summed E-state index contributed by atoms with van der Waals surface area (Å²) in [6.45, 7) is 2.44. The molecule has 2 atom stereocenters. The fourth-order valence-corrected chi connectivity index (χ4v) is 4.81. The minimum atomic E-state index is -3.35. The van der Waals surface area contributed by atoms with Crippen LogP contribution in [-0.2, 0) is 9.84 Å². The number of fused-ring (bicyclic) bond motifs is 3. The molecule has 2 aromatic rings. The van der Waals surface area contributed by atoms with Crippen LogP contribution in [0, 0.1) is 5.92 Å². The first-order valence-corrected chi connectivity index (χ1v) is 10.3. The lowest BCUT2D eigenvalue weighted by atomic mass is 9.86. The van der Waals surface area contributed by atoms with Crippen LogP contribution < -0.4 is 10.6 Å². The van der Waals surface area contributed by atoms with Crippen LogP contribution in [-0.4, -0.2) is 40.2 Å². The maximum atomic E-state index is 12.6. The Morgan fingerprint density at radius 3 is 2.60 bits per heavy atom. The van der Waals surface area contributed by atoms with Crippen molar-refractivity contribution in [1.29, 1.82) is 0 Å². The van der Waals surface area contributed by atoms with Crippen molar-refractivity contribution in [2.45, 2.75) is 10.8 Å². The molecule has 5 nitrogen and oxygen atoms in total. The van der Waals surface area contributed by atoms with Crippen LogP contribution in [0.25, 0.3) is 11.1 Å². The Hall–Kier alpha value is -2.18. The first-order chi connectivity index (χ1) is 11.9. The van der Waals surface area contributed by atoms with Crippen LogP contribution in [0.3, 0.4) is 0 Å². The second-order valence-electron chi connectivity index (χ2n) is 6.81. The van der Waals surface area contributed by atoms with Gasteiger partial charge in [-0.2, -0.15) is 0 Å². The van der Waals surface area contributed by atoms with Crippen molar-refractivity contribution in [3.05, 3.63) is 53.6 Å². The molecule has 0 bridgehead atoms. The van der Waals surface area contributed by atoms with Crippen molar-refractivity contribution >= 4 is 15.7 Å². The summed E-state index contributed by atoms with van der Waals surface area (Å²) in [5.74, 6) is 0.635. The van der Waals surface area contributed by atoms with Gasteiger partial charge in [-0.15, -0.1) is 0 Å². The second-order valence-corrected chi connectivity index (χ2v) is 8.79. The van der Waals surface area contributed by atoms with Crippen LogP contribution in [0.15, 0.2) is 47.4 Å². The molecule has 0 radical (unpaired) electrons. The van der Waals surface area contributed by atoms with Gasteiger partial charge in [0.15, 0.2) is 9.84 Å². The highest BCUT2D eigenvalue weighted by Crippen LogP contribution is 2.36. The summed E-state index contributed by atoms with van der Waals surface area (Å²) >= 11 is 0. The molecule has 1 fully saturated rings. The maximum absolute atomic E-state index is 12.6. The fraction of sp³-hybridized carbons (Fsp3) is 0.316. The van der Waals surface area contributed by atoms with E-state index in [1.54, 1.807) is 18.2 Å². The minimum Gasteiger partial charge on any atom is -0.352 e. The molecule has 25 heavy (non-hydrogen) atoms. The van der Waals surface area contributed by atoms with E-state index in [2.05, 4.69) is 10.6 Å². The summed E-state index contributed by atoms with van der Waals surface area (Å²) in [5, 5.41) is 6.39. The molecule has 2 unspecified atom stereocenters. The molecule has 2 aliphatic rings. The number of hydrogen-bond acceptors (Lipinski definition) is 4. The van der Waals surface area contributed by atoms with Crippen LogP contribution in [0.1, 0.15) is 21.8 Å². The Bertz CT molecular complexity index is 953. The zero-order valence-electron chi connectivity index (χ0n) is 14.0. The Kier molecular flexibility index (Phi) is 3.89. The molecule has 2 N–H and O–H groups in total. The molecule has 2 heterocycles. The van der Waals surface area contributed by atoms with Gasteiger partial charge in [0.1, 0.15) is 0 Å². The monoisotopic (exact) mass is 356 g/mol. The van der Waals surface area contributed by atoms with Crippen molar-refractivity contribution in [2.75, 3.05) is 25.9 Å². The molecule has 130 valence electrons. The van der Waals surface area contributed by atoms with Crippen molar-refractivity contribution < 1.29 is 13.2 Å². The Balaban J connectivity index is 1.87. The van der Waals surface area contributed by atoms with Crippen molar-refractivity contribution in [3.8, 4) is 11.1 Å². The number of hydrogen-bond donors (Lipinski definition) is 2. The summed E-state index contributed by atoms with van der Waals surface area (Å²) in [7, 11) is -3.35. The second kappa shape index (κ2) is 5.97. The van der Waals surface area contributed by atoms with Crippen LogP contribution >= 0.6 is 0 Å². The van der Waals surface area contributed by atoms with E-state index in [0.717, 1.165) is 24.2 Å². The molecule has 0 saturated carbocycles. The number of carbonyl (C=O) groups excluding carboxylic acids is 1. The van der Waals surface area contributed by atoms with Gasteiger partial charge < -0.3 is 10.6 Å². The van der Waals surface area contributed by atoms with Gasteiger partial charge in [-0.1, -0.05) is 30.3 Å². The normalized spacial score (nSPS) is 22.7. The maximum Gasteiger partial charge on any atom is 0.251 e. The number of sulfone groups is 1. The number of amides is 1. The predicted octanol–water partition coefficient (Wildman–Crippen LogP) is 1.80. The molecule has 0 aromatic heterocycles. The average Bonchev–Trinajstić information content (AvgIpc) is 3.02. The van der Waals surface area contributed by atoms with Crippen molar-refractivity contribution in [1.82, 2.24) is 10.6 Å². The van der Waals surface area contributed by atoms with E-state index in [9.17, 15) is 13.2 Å². The Morgan fingerprint density at radius 1 is 1.00 bits per heavy atom. The van der Waals surface area contributed by atoms with Crippen molar-refractivity contribution in [2.24, 2.45) is 5.92 Å². The predicted molar refractivity (Wildman–Crippen MR) is 96.4 cm³/mol. The number of nitrogens with one attached hydrogen (secondary N) is 2. The summed E-state index contributed by atoms with van der Waals surface area (Å²) in [4.78, 5) is 12.8. The van der Waals surface area contributed by atoms with Gasteiger partial charge in [0.2, 0.25) is 0 Å². The lowest BCUT2D eigenvalue weighted by Gasteiger charge is -2.17. The number of rotatable bonds is 2. The lowest BCUT2D eigenvalue weighted by Crippen LogP contribution is -2.28. The Morgan fingerprint density at radius 2 is 1.80 bits per heavy atom. The molecule has 4 rings (SSSR count). The van der Waals surface area contributed by atoms with Crippen LogP contribution in [0.4, 0.5) is 0 Å². The van der Waals surface area contributed by atoms with Crippen LogP contribution in [0.2, 0.25) is 0 Å². The van der Waals surface area contributed by atoms with Gasteiger partial charge in [-0.05, 0) is 29.2 Å². The lowest BCUT2D eigenvalue weighted by molar-refractivity contribution is 0.0952. The molecule has 2 aromatic carbocycles. The molecule has 2 aliphatic heterocycles. The van der Waals surface area contributed by atoms with E-state index in [0.29, 0.717) is 29.5 Å². The summed E-state index contributed by atoms with van der Waals surface area (Å²) in [5.41, 5.74) is 3.08. The standard InChI is InChI=1S/C19H20N2O3S/c1-25(23,24)18-5-3-2-4-14(18)12-6-7-15-16(8-12)19(22)21-10-13-9-20-11-17(13)15/h2-8,13,17,20H,9-11H2,1H3,(H,21,22). The van der Waals surface area contributed by atoms with Gasteiger partial charge >= 0.3 is 0 Å². The third-order valence-electron chi connectivity index (χ3n) is 5.16. The molecular formula is C19H20N2O3S.